The fourth-order valence-corrected chi connectivity index (χ4v) is 2.66. The molecule has 1 saturated carbocycles. The lowest BCUT2D eigenvalue weighted by Crippen LogP contribution is -2.41. The van der Waals surface area contributed by atoms with Crippen LogP contribution >= 0.6 is 0 Å². The summed E-state index contributed by atoms with van der Waals surface area (Å²) in [6.07, 6.45) is 9.70. The Morgan fingerprint density at radius 3 is 2.50 bits per heavy atom. The van der Waals surface area contributed by atoms with E-state index in [1.165, 1.54) is 58.0 Å². The van der Waals surface area contributed by atoms with E-state index < -0.39 is 0 Å². The predicted molar refractivity (Wildman–Crippen MR) is 71.9 cm³/mol. The van der Waals surface area contributed by atoms with Gasteiger partial charge in [0.15, 0.2) is 0 Å². The molecule has 0 radical (unpaired) electrons. The van der Waals surface area contributed by atoms with Gasteiger partial charge in [0.1, 0.15) is 0 Å². The van der Waals surface area contributed by atoms with Crippen molar-refractivity contribution < 1.29 is 0 Å². The van der Waals surface area contributed by atoms with Gasteiger partial charge in [-0.2, -0.15) is 0 Å². The van der Waals surface area contributed by atoms with Crippen molar-refractivity contribution >= 4 is 0 Å². The van der Waals surface area contributed by atoms with Gasteiger partial charge in [0.2, 0.25) is 0 Å². The van der Waals surface area contributed by atoms with Gasteiger partial charge >= 0.3 is 0 Å². The largest absolute Gasteiger partial charge is 0.317 e. The second kappa shape index (κ2) is 8.08. The lowest BCUT2D eigenvalue weighted by atomic mass is 9.93. The first-order valence-corrected chi connectivity index (χ1v) is 7.18. The maximum absolute atomic E-state index is 3.50. The van der Waals surface area contributed by atoms with Crippen LogP contribution in [0.5, 0.6) is 0 Å². The van der Waals surface area contributed by atoms with Crippen LogP contribution in [0.15, 0.2) is 0 Å². The Kier molecular flexibility index (Phi) is 7.06. The van der Waals surface area contributed by atoms with Gasteiger partial charge in [-0.3, -0.25) is 0 Å². The summed E-state index contributed by atoms with van der Waals surface area (Å²) in [4.78, 5) is 2.62. The monoisotopic (exact) mass is 226 g/mol. The van der Waals surface area contributed by atoms with Crippen LogP contribution in [0.4, 0.5) is 0 Å². The quantitative estimate of drug-likeness (QED) is 0.671. The molecule has 0 aromatic heterocycles. The maximum Gasteiger partial charge on any atom is 0.00950 e. The molecule has 1 fully saturated rings. The van der Waals surface area contributed by atoms with Gasteiger partial charge in [-0.05, 0) is 52.7 Å². The summed E-state index contributed by atoms with van der Waals surface area (Å²) in [6, 6.07) is 1.59. The van der Waals surface area contributed by atoms with Gasteiger partial charge in [-0.25, -0.2) is 0 Å². The average molecular weight is 226 g/mol. The molecule has 0 bridgehead atoms. The third-order valence-electron chi connectivity index (χ3n) is 4.01. The molecule has 1 unspecified atom stereocenters. The van der Waals surface area contributed by atoms with E-state index in [2.05, 4.69) is 31.1 Å². The molecule has 2 heteroatoms. The van der Waals surface area contributed by atoms with E-state index in [1.54, 1.807) is 0 Å². The number of hydrogen-bond donors (Lipinski definition) is 1. The number of nitrogens with one attached hydrogen (secondary N) is 1. The van der Waals surface area contributed by atoms with Gasteiger partial charge in [0.25, 0.3) is 0 Å². The molecule has 2 nitrogen and oxygen atoms in total. The molecule has 0 saturated heterocycles. The van der Waals surface area contributed by atoms with Crippen molar-refractivity contribution in [1.82, 2.24) is 10.2 Å². The molecule has 0 aromatic carbocycles. The smallest absolute Gasteiger partial charge is 0.00950 e. The fraction of sp³-hybridized carbons (Fsp3) is 1.00. The van der Waals surface area contributed by atoms with E-state index in [-0.39, 0.29) is 0 Å². The first kappa shape index (κ1) is 14.0. The van der Waals surface area contributed by atoms with E-state index in [0.29, 0.717) is 0 Å². The average Bonchev–Trinajstić information content (AvgIpc) is 2.34. The molecule has 1 rings (SSSR count). The lowest BCUT2D eigenvalue weighted by Gasteiger charge is -2.35. The standard InChI is InChI=1S/C14H30N2/c1-4-11-15-12-10-13(2)16(3)14-8-6-5-7-9-14/h13-15H,4-12H2,1-3H3. The lowest BCUT2D eigenvalue weighted by molar-refractivity contribution is 0.140. The summed E-state index contributed by atoms with van der Waals surface area (Å²) in [5.41, 5.74) is 0. The van der Waals surface area contributed by atoms with Gasteiger partial charge in [-0.15, -0.1) is 0 Å². The molecule has 1 atom stereocenters. The highest BCUT2D eigenvalue weighted by Crippen LogP contribution is 2.23. The summed E-state index contributed by atoms with van der Waals surface area (Å²) < 4.78 is 0. The van der Waals surface area contributed by atoms with E-state index in [1.807, 2.05) is 0 Å². The van der Waals surface area contributed by atoms with Gasteiger partial charge < -0.3 is 10.2 Å². The van der Waals surface area contributed by atoms with Crippen molar-refractivity contribution in [2.24, 2.45) is 0 Å². The summed E-state index contributed by atoms with van der Waals surface area (Å²) in [7, 11) is 2.32. The molecule has 0 aliphatic heterocycles. The SMILES string of the molecule is CCCNCCC(C)N(C)C1CCCCC1. The van der Waals surface area contributed by atoms with E-state index in [9.17, 15) is 0 Å². The van der Waals surface area contributed by atoms with Gasteiger partial charge in [-0.1, -0.05) is 26.2 Å². The predicted octanol–water partition coefficient (Wildman–Crippen LogP) is 3.03. The van der Waals surface area contributed by atoms with Crippen molar-refractivity contribution in [3.05, 3.63) is 0 Å². The number of hydrogen-bond acceptors (Lipinski definition) is 2. The first-order chi connectivity index (χ1) is 7.75. The Balaban J connectivity index is 2.15. The Morgan fingerprint density at radius 2 is 1.88 bits per heavy atom. The third-order valence-corrected chi connectivity index (χ3v) is 4.01. The Morgan fingerprint density at radius 1 is 1.19 bits per heavy atom. The van der Waals surface area contributed by atoms with Crippen LogP contribution in [-0.2, 0) is 0 Å². The third kappa shape index (κ3) is 4.84. The van der Waals surface area contributed by atoms with Crippen molar-refractivity contribution in [1.29, 1.82) is 0 Å². The molecular weight excluding hydrogens is 196 g/mol. The Labute approximate surface area is 102 Å². The molecule has 96 valence electrons. The second-order valence-corrected chi connectivity index (χ2v) is 5.34. The fourth-order valence-electron chi connectivity index (χ4n) is 2.66. The van der Waals surface area contributed by atoms with Crippen molar-refractivity contribution in [3.63, 3.8) is 0 Å². The number of nitrogens with zero attached hydrogens (tertiary/aromatic N) is 1. The minimum absolute atomic E-state index is 0.729. The van der Waals surface area contributed by atoms with Crippen LogP contribution < -0.4 is 5.32 Å². The Hall–Kier alpha value is -0.0800. The highest BCUT2D eigenvalue weighted by atomic mass is 15.2. The van der Waals surface area contributed by atoms with Gasteiger partial charge in [0, 0.05) is 12.1 Å². The molecule has 0 spiro atoms. The zero-order valence-electron chi connectivity index (χ0n) is 11.5. The summed E-state index contributed by atoms with van der Waals surface area (Å²) in [6.45, 7) is 6.94. The van der Waals surface area contributed by atoms with Crippen LogP contribution in [0.3, 0.4) is 0 Å². The van der Waals surface area contributed by atoms with Crippen LogP contribution in [0, 0.1) is 0 Å². The van der Waals surface area contributed by atoms with Crippen molar-refractivity contribution in [2.75, 3.05) is 20.1 Å². The molecule has 0 aromatic rings. The van der Waals surface area contributed by atoms with Crippen molar-refractivity contribution in [2.45, 2.75) is 70.9 Å². The topological polar surface area (TPSA) is 15.3 Å². The molecule has 1 aliphatic rings. The second-order valence-electron chi connectivity index (χ2n) is 5.34. The summed E-state index contributed by atoms with van der Waals surface area (Å²) >= 11 is 0. The summed E-state index contributed by atoms with van der Waals surface area (Å²) in [5, 5.41) is 3.50. The Bertz CT molecular complexity index is 164. The van der Waals surface area contributed by atoms with Crippen molar-refractivity contribution in [3.8, 4) is 0 Å². The van der Waals surface area contributed by atoms with Crippen LogP contribution in [-0.4, -0.2) is 37.1 Å². The molecule has 0 amide bonds. The zero-order valence-corrected chi connectivity index (χ0v) is 11.5. The van der Waals surface area contributed by atoms with E-state index in [0.717, 1.165) is 12.1 Å². The molecule has 16 heavy (non-hydrogen) atoms. The number of rotatable bonds is 7. The molecule has 0 heterocycles. The normalized spacial score (nSPS) is 20.2. The maximum atomic E-state index is 3.50. The van der Waals surface area contributed by atoms with Crippen LogP contribution in [0.1, 0.15) is 58.8 Å². The van der Waals surface area contributed by atoms with E-state index >= 15 is 0 Å². The minimum Gasteiger partial charge on any atom is -0.317 e. The molecular formula is C14H30N2. The van der Waals surface area contributed by atoms with Gasteiger partial charge in [0.05, 0.1) is 0 Å². The first-order valence-electron chi connectivity index (χ1n) is 7.18. The summed E-state index contributed by atoms with van der Waals surface area (Å²) in [5.74, 6) is 0. The van der Waals surface area contributed by atoms with Crippen LogP contribution in [0.2, 0.25) is 0 Å². The zero-order chi connectivity index (χ0) is 11.8. The molecule has 1 aliphatic carbocycles. The van der Waals surface area contributed by atoms with Crippen LogP contribution in [0.25, 0.3) is 0 Å². The molecule has 1 N–H and O–H groups in total. The highest BCUT2D eigenvalue weighted by Gasteiger charge is 2.21. The minimum atomic E-state index is 0.729. The van der Waals surface area contributed by atoms with E-state index in [4.69, 9.17) is 0 Å². The highest BCUT2D eigenvalue weighted by molar-refractivity contribution is 4.77.